The molecular formula is C15H20N4O2S. The molecule has 1 amide bonds. The second-order valence-electron chi connectivity index (χ2n) is 5.85. The Morgan fingerprint density at radius 1 is 1.50 bits per heavy atom. The Morgan fingerprint density at radius 3 is 2.86 bits per heavy atom. The molecule has 0 unspecified atom stereocenters. The molecule has 3 rings (SSSR count). The minimum absolute atomic E-state index is 0.00634. The summed E-state index contributed by atoms with van der Waals surface area (Å²) in [6, 6.07) is 4.23. The molecule has 1 saturated carbocycles. The Kier molecular flexibility index (Phi) is 4.15. The van der Waals surface area contributed by atoms with Crippen molar-refractivity contribution in [2.75, 3.05) is 6.54 Å². The molecule has 1 aliphatic rings. The SMILES string of the molecule is CC(C)C(=O)NCCn1nc(-c2cccs2)n(C2CC2)c1=O. The average Bonchev–Trinajstić information content (AvgIpc) is 3.06. The van der Waals surface area contributed by atoms with E-state index in [1.54, 1.807) is 15.9 Å². The number of amides is 1. The quantitative estimate of drug-likeness (QED) is 0.883. The van der Waals surface area contributed by atoms with Gasteiger partial charge < -0.3 is 5.32 Å². The van der Waals surface area contributed by atoms with Crippen LogP contribution in [0.2, 0.25) is 0 Å². The van der Waals surface area contributed by atoms with Crippen LogP contribution in [-0.2, 0) is 11.3 Å². The van der Waals surface area contributed by atoms with Crippen molar-refractivity contribution in [2.24, 2.45) is 5.92 Å². The van der Waals surface area contributed by atoms with Crippen LogP contribution in [0.25, 0.3) is 10.7 Å². The highest BCUT2D eigenvalue weighted by atomic mass is 32.1. The lowest BCUT2D eigenvalue weighted by Crippen LogP contribution is -2.34. The van der Waals surface area contributed by atoms with E-state index in [0.717, 1.165) is 23.5 Å². The van der Waals surface area contributed by atoms with Crippen molar-refractivity contribution in [3.05, 3.63) is 28.0 Å². The van der Waals surface area contributed by atoms with E-state index in [1.165, 1.54) is 4.68 Å². The summed E-state index contributed by atoms with van der Waals surface area (Å²) >= 11 is 1.58. The average molecular weight is 320 g/mol. The third-order valence-electron chi connectivity index (χ3n) is 3.67. The summed E-state index contributed by atoms with van der Waals surface area (Å²) in [6.07, 6.45) is 2.07. The zero-order valence-corrected chi connectivity index (χ0v) is 13.6. The fraction of sp³-hybridized carbons (Fsp3) is 0.533. The maximum atomic E-state index is 12.5. The molecule has 2 aromatic rings. The van der Waals surface area contributed by atoms with Gasteiger partial charge in [-0.1, -0.05) is 19.9 Å². The molecular weight excluding hydrogens is 300 g/mol. The smallest absolute Gasteiger partial charge is 0.346 e. The Labute approximate surface area is 132 Å². The molecule has 0 aromatic carbocycles. The highest BCUT2D eigenvalue weighted by Crippen LogP contribution is 2.37. The summed E-state index contributed by atoms with van der Waals surface area (Å²) in [4.78, 5) is 25.1. The van der Waals surface area contributed by atoms with E-state index in [0.29, 0.717) is 13.1 Å². The van der Waals surface area contributed by atoms with Gasteiger partial charge in [-0.05, 0) is 24.3 Å². The van der Waals surface area contributed by atoms with Crippen LogP contribution in [0.5, 0.6) is 0 Å². The lowest BCUT2D eigenvalue weighted by atomic mass is 10.2. The van der Waals surface area contributed by atoms with Crippen molar-refractivity contribution < 1.29 is 4.79 Å². The van der Waals surface area contributed by atoms with Gasteiger partial charge >= 0.3 is 5.69 Å². The Bertz CT molecular complexity index is 710. The maximum Gasteiger partial charge on any atom is 0.346 e. The van der Waals surface area contributed by atoms with E-state index in [-0.39, 0.29) is 23.6 Å². The van der Waals surface area contributed by atoms with Gasteiger partial charge in [-0.25, -0.2) is 9.48 Å². The van der Waals surface area contributed by atoms with Gasteiger partial charge in [-0.15, -0.1) is 16.4 Å². The van der Waals surface area contributed by atoms with Crippen molar-refractivity contribution in [2.45, 2.75) is 39.3 Å². The van der Waals surface area contributed by atoms with Gasteiger partial charge in [0.15, 0.2) is 5.82 Å². The van der Waals surface area contributed by atoms with Gasteiger partial charge in [0.05, 0.1) is 11.4 Å². The first-order chi connectivity index (χ1) is 10.6. The Hall–Kier alpha value is -1.89. The third-order valence-corrected chi connectivity index (χ3v) is 4.54. The summed E-state index contributed by atoms with van der Waals surface area (Å²) in [5.41, 5.74) is -0.0790. The van der Waals surface area contributed by atoms with Crippen LogP contribution in [0.15, 0.2) is 22.3 Å². The number of rotatable bonds is 6. The van der Waals surface area contributed by atoms with Gasteiger partial charge in [0.25, 0.3) is 0 Å². The Morgan fingerprint density at radius 2 is 2.27 bits per heavy atom. The van der Waals surface area contributed by atoms with Crippen molar-refractivity contribution >= 4 is 17.2 Å². The second-order valence-corrected chi connectivity index (χ2v) is 6.80. The number of nitrogens with one attached hydrogen (secondary N) is 1. The van der Waals surface area contributed by atoms with Gasteiger partial charge in [-0.3, -0.25) is 9.36 Å². The number of hydrogen-bond donors (Lipinski definition) is 1. The molecule has 1 aliphatic carbocycles. The van der Waals surface area contributed by atoms with Gasteiger partial charge in [0, 0.05) is 18.5 Å². The molecule has 2 aromatic heterocycles. The largest absolute Gasteiger partial charge is 0.354 e. The fourth-order valence-corrected chi connectivity index (χ4v) is 3.00. The van der Waals surface area contributed by atoms with Crippen LogP contribution >= 0.6 is 11.3 Å². The molecule has 1 fully saturated rings. The normalized spacial score (nSPS) is 14.5. The first kappa shape index (κ1) is 15.0. The predicted octanol–water partition coefficient (Wildman–Crippen LogP) is 1.88. The molecule has 7 heteroatoms. The molecule has 0 saturated heterocycles. The molecule has 22 heavy (non-hydrogen) atoms. The first-order valence-electron chi connectivity index (χ1n) is 7.59. The van der Waals surface area contributed by atoms with Crippen molar-refractivity contribution in [1.82, 2.24) is 19.7 Å². The van der Waals surface area contributed by atoms with Crippen LogP contribution in [0.4, 0.5) is 0 Å². The highest BCUT2D eigenvalue weighted by molar-refractivity contribution is 7.13. The summed E-state index contributed by atoms with van der Waals surface area (Å²) in [5.74, 6) is 0.688. The topological polar surface area (TPSA) is 68.9 Å². The molecule has 2 heterocycles. The standard InChI is InChI=1S/C15H20N4O2S/c1-10(2)14(20)16-7-8-18-15(21)19(11-5-6-11)13(17-18)12-4-3-9-22-12/h3-4,9-11H,5-8H2,1-2H3,(H,16,20). The van der Waals surface area contributed by atoms with Crippen LogP contribution in [-0.4, -0.2) is 26.8 Å². The zero-order valence-electron chi connectivity index (χ0n) is 12.8. The van der Waals surface area contributed by atoms with Gasteiger partial charge in [-0.2, -0.15) is 0 Å². The van der Waals surface area contributed by atoms with Crippen molar-refractivity contribution in [3.63, 3.8) is 0 Å². The summed E-state index contributed by atoms with van der Waals surface area (Å²) in [6.45, 7) is 4.51. The number of carbonyl (C=O) groups excluding carboxylic acids is 1. The number of hydrogen-bond acceptors (Lipinski definition) is 4. The van der Waals surface area contributed by atoms with E-state index in [2.05, 4.69) is 10.4 Å². The van der Waals surface area contributed by atoms with Crippen molar-refractivity contribution in [1.29, 1.82) is 0 Å². The van der Waals surface area contributed by atoms with Gasteiger partial charge in [0.2, 0.25) is 5.91 Å². The van der Waals surface area contributed by atoms with E-state index < -0.39 is 0 Å². The molecule has 118 valence electrons. The lowest BCUT2D eigenvalue weighted by Gasteiger charge is -2.06. The number of aromatic nitrogens is 3. The number of thiophene rings is 1. The highest BCUT2D eigenvalue weighted by Gasteiger charge is 2.30. The monoisotopic (exact) mass is 320 g/mol. The molecule has 0 radical (unpaired) electrons. The molecule has 1 N–H and O–H groups in total. The minimum Gasteiger partial charge on any atom is -0.354 e. The molecule has 0 bridgehead atoms. The Balaban J connectivity index is 1.79. The minimum atomic E-state index is -0.0790. The van der Waals surface area contributed by atoms with Crippen LogP contribution in [0, 0.1) is 5.92 Å². The molecule has 0 atom stereocenters. The molecule has 0 spiro atoms. The predicted molar refractivity (Wildman–Crippen MR) is 85.9 cm³/mol. The van der Waals surface area contributed by atoms with Crippen LogP contribution in [0.3, 0.4) is 0 Å². The van der Waals surface area contributed by atoms with Gasteiger partial charge in [0.1, 0.15) is 0 Å². The fourth-order valence-electron chi connectivity index (χ4n) is 2.29. The summed E-state index contributed by atoms with van der Waals surface area (Å²) < 4.78 is 3.27. The second kappa shape index (κ2) is 6.08. The zero-order chi connectivity index (χ0) is 15.7. The summed E-state index contributed by atoms with van der Waals surface area (Å²) in [5, 5.41) is 9.29. The first-order valence-corrected chi connectivity index (χ1v) is 8.47. The van der Waals surface area contributed by atoms with Crippen LogP contribution in [0.1, 0.15) is 32.7 Å². The third kappa shape index (κ3) is 2.99. The van der Waals surface area contributed by atoms with Crippen LogP contribution < -0.4 is 11.0 Å². The number of carbonyl (C=O) groups is 1. The lowest BCUT2D eigenvalue weighted by molar-refractivity contribution is -0.124. The number of nitrogens with zero attached hydrogens (tertiary/aromatic N) is 3. The molecule has 0 aliphatic heterocycles. The van der Waals surface area contributed by atoms with E-state index in [9.17, 15) is 9.59 Å². The summed E-state index contributed by atoms with van der Waals surface area (Å²) in [7, 11) is 0. The van der Waals surface area contributed by atoms with Crippen molar-refractivity contribution in [3.8, 4) is 10.7 Å². The van der Waals surface area contributed by atoms with E-state index >= 15 is 0 Å². The molecule has 6 nitrogen and oxygen atoms in total. The van der Waals surface area contributed by atoms with E-state index in [1.807, 2.05) is 31.4 Å². The van der Waals surface area contributed by atoms with E-state index in [4.69, 9.17) is 0 Å². The maximum absolute atomic E-state index is 12.5.